The molecule has 5 aromatic rings. The van der Waals surface area contributed by atoms with Crippen LogP contribution in [0, 0.1) is 0 Å². The highest BCUT2D eigenvalue weighted by Gasteiger charge is 2.17. The molecule has 3 aromatic carbocycles. The van der Waals surface area contributed by atoms with Crippen LogP contribution >= 0.6 is 0 Å². The van der Waals surface area contributed by atoms with Gasteiger partial charge < -0.3 is 13.9 Å². The third kappa shape index (κ3) is 3.39. The zero-order valence-electron chi connectivity index (χ0n) is 17.5. The summed E-state index contributed by atoms with van der Waals surface area (Å²) in [6.07, 6.45) is 1.60. The molecule has 7 heteroatoms. The van der Waals surface area contributed by atoms with E-state index in [1.807, 2.05) is 54.6 Å². The van der Waals surface area contributed by atoms with Gasteiger partial charge in [0.05, 0.1) is 36.7 Å². The molecule has 0 spiro atoms. The SMILES string of the molecule is COc1ccc(C=Nn2c(-c3cc4c(OC)cccc4o3)nc3ccccc3c2=O)cc1. The summed E-state index contributed by atoms with van der Waals surface area (Å²) in [7, 11) is 3.21. The molecular weight excluding hydrogens is 406 g/mol. The molecule has 0 aliphatic heterocycles. The van der Waals surface area contributed by atoms with E-state index in [1.165, 1.54) is 4.68 Å². The molecule has 5 rings (SSSR count). The van der Waals surface area contributed by atoms with Gasteiger partial charge in [0.25, 0.3) is 5.56 Å². The third-order valence-electron chi connectivity index (χ3n) is 5.15. The fraction of sp³-hybridized carbons (Fsp3) is 0.0800. The van der Waals surface area contributed by atoms with Gasteiger partial charge in [0.1, 0.15) is 17.1 Å². The molecular formula is C25H19N3O4. The number of fused-ring (bicyclic) bond motifs is 2. The first-order valence-electron chi connectivity index (χ1n) is 9.95. The molecule has 0 atom stereocenters. The van der Waals surface area contributed by atoms with E-state index in [2.05, 4.69) is 5.10 Å². The van der Waals surface area contributed by atoms with Crippen LogP contribution in [-0.4, -0.2) is 30.1 Å². The molecule has 32 heavy (non-hydrogen) atoms. The normalized spacial score (nSPS) is 11.4. The summed E-state index contributed by atoms with van der Waals surface area (Å²) >= 11 is 0. The minimum absolute atomic E-state index is 0.289. The predicted molar refractivity (Wildman–Crippen MR) is 124 cm³/mol. The quantitative estimate of drug-likeness (QED) is 0.381. The first-order chi connectivity index (χ1) is 15.7. The highest BCUT2D eigenvalue weighted by molar-refractivity contribution is 5.88. The molecule has 0 unspecified atom stereocenters. The topological polar surface area (TPSA) is 78.8 Å². The maximum Gasteiger partial charge on any atom is 0.282 e. The minimum Gasteiger partial charge on any atom is -0.497 e. The molecule has 0 fully saturated rings. The number of aromatic nitrogens is 2. The van der Waals surface area contributed by atoms with Gasteiger partial charge in [-0.1, -0.05) is 18.2 Å². The lowest BCUT2D eigenvalue weighted by Crippen LogP contribution is -2.20. The molecule has 0 aliphatic rings. The smallest absolute Gasteiger partial charge is 0.282 e. The lowest BCUT2D eigenvalue weighted by molar-refractivity contribution is 0.415. The van der Waals surface area contributed by atoms with Gasteiger partial charge in [-0.3, -0.25) is 4.79 Å². The molecule has 0 amide bonds. The van der Waals surface area contributed by atoms with Crippen LogP contribution in [0.25, 0.3) is 33.5 Å². The van der Waals surface area contributed by atoms with Gasteiger partial charge in [0, 0.05) is 0 Å². The van der Waals surface area contributed by atoms with E-state index in [1.54, 1.807) is 38.6 Å². The molecule has 2 heterocycles. The Balaban J connectivity index is 1.71. The van der Waals surface area contributed by atoms with E-state index in [9.17, 15) is 4.79 Å². The lowest BCUT2D eigenvalue weighted by Gasteiger charge is -2.07. The Morgan fingerprint density at radius 3 is 2.53 bits per heavy atom. The van der Waals surface area contributed by atoms with Crippen LogP contribution < -0.4 is 15.0 Å². The van der Waals surface area contributed by atoms with E-state index in [0.717, 1.165) is 16.7 Å². The number of para-hydroxylation sites is 1. The number of hydrogen-bond acceptors (Lipinski definition) is 6. The van der Waals surface area contributed by atoms with Crippen molar-refractivity contribution < 1.29 is 13.9 Å². The van der Waals surface area contributed by atoms with Gasteiger partial charge in [-0.05, 0) is 60.2 Å². The van der Waals surface area contributed by atoms with Crippen molar-refractivity contribution in [2.24, 2.45) is 5.10 Å². The van der Waals surface area contributed by atoms with Crippen molar-refractivity contribution in [3.8, 4) is 23.1 Å². The number of hydrogen-bond donors (Lipinski definition) is 0. The van der Waals surface area contributed by atoms with Crippen LogP contribution in [-0.2, 0) is 0 Å². The molecule has 158 valence electrons. The van der Waals surface area contributed by atoms with E-state index in [0.29, 0.717) is 33.8 Å². The van der Waals surface area contributed by atoms with Crippen LogP contribution in [0.2, 0.25) is 0 Å². The second-order valence-corrected chi connectivity index (χ2v) is 7.07. The molecule has 0 N–H and O–H groups in total. The van der Waals surface area contributed by atoms with Crippen LogP contribution in [0.5, 0.6) is 11.5 Å². The summed E-state index contributed by atoms with van der Waals surface area (Å²) in [5, 5.41) is 5.71. The number of benzene rings is 3. The largest absolute Gasteiger partial charge is 0.497 e. The number of nitrogens with zero attached hydrogens (tertiary/aromatic N) is 3. The fourth-order valence-corrected chi connectivity index (χ4v) is 3.53. The summed E-state index contributed by atoms with van der Waals surface area (Å²) in [4.78, 5) is 18.0. The van der Waals surface area contributed by atoms with Crippen molar-refractivity contribution in [2.45, 2.75) is 0 Å². The van der Waals surface area contributed by atoms with Gasteiger partial charge in [-0.2, -0.15) is 9.78 Å². The first kappa shape index (κ1) is 19.6. The number of rotatable bonds is 5. The average Bonchev–Trinajstić information content (AvgIpc) is 3.28. The van der Waals surface area contributed by atoms with Crippen LogP contribution in [0.4, 0.5) is 0 Å². The number of furan rings is 1. The third-order valence-corrected chi connectivity index (χ3v) is 5.15. The Bertz CT molecular complexity index is 1510. The van der Waals surface area contributed by atoms with Crippen LogP contribution in [0.15, 0.2) is 87.1 Å². The Labute approximate surface area is 183 Å². The van der Waals surface area contributed by atoms with Crippen molar-refractivity contribution >= 4 is 28.1 Å². The first-order valence-corrected chi connectivity index (χ1v) is 9.95. The standard InChI is InChI=1S/C25H19N3O4/c1-30-17-12-10-16(11-13-17)15-26-28-24(27-20-7-4-3-6-18(20)25(28)29)23-14-19-21(31-2)8-5-9-22(19)32-23/h3-15H,1-2H3. The van der Waals surface area contributed by atoms with Gasteiger partial charge in [0.15, 0.2) is 5.76 Å². The second-order valence-electron chi connectivity index (χ2n) is 7.07. The summed E-state index contributed by atoms with van der Waals surface area (Å²) in [6.45, 7) is 0. The van der Waals surface area contributed by atoms with Crippen molar-refractivity contribution in [3.63, 3.8) is 0 Å². The predicted octanol–water partition coefficient (Wildman–Crippen LogP) is 4.71. The number of ether oxygens (including phenoxy) is 2. The van der Waals surface area contributed by atoms with Gasteiger partial charge in [-0.25, -0.2) is 4.98 Å². The van der Waals surface area contributed by atoms with E-state index >= 15 is 0 Å². The molecule has 2 aromatic heterocycles. The van der Waals surface area contributed by atoms with E-state index in [-0.39, 0.29) is 5.56 Å². The molecule has 0 bridgehead atoms. The monoisotopic (exact) mass is 425 g/mol. The highest BCUT2D eigenvalue weighted by Crippen LogP contribution is 2.32. The Kier molecular flexibility index (Phi) is 4.91. The van der Waals surface area contributed by atoms with Crippen molar-refractivity contribution in [1.82, 2.24) is 9.66 Å². The average molecular weight is 425 g/mol. The van der Waals surface area contributed by atoms with E-state index < -0.39 is 0 Å². The summed E-state index contributed by atoms with van der Waals surface area (Å²) in [6, 6.07) is 21.9. The Morgan fingerprint density at radius 1 is 0.938 bits per heavy atom. The summed E-state index contributed by atoms with van der Waals surface area (Å²) < 4.78 is 17.9. The fourth-order valence-electron chi connectivity index (χ4n) is 3.53. The summed E-state index contributed by atoms with van der Waals surface area (Å²) in [5.74, 6) is 2.13. The van der Waals surface area contributed by atoms with Crippen molar-refractivity contribution in [3.05, 3.63) is 88.7 Å². The zero-order valence-corrected chi connectivity index (χ0v) is 17.5. The molecule has 7 nitrogen and oxygen atoms in total. The molecule has 0 radical (unpaired) electrons. The van der Waals surface area contributed by atoms with Crippen molar-refractivity contribution in [2.75, 3.05) is 14.2 Å². The van der Waals surface area contributed by atoms with Crippen LogP contribution in [0.3, 0.4) is 0 Å². The van der Waals surface area contributed by atoms with Crippen LogP contribution in [0.1, 0.15) is 5.56 Å². The maximum atomic E-state index is 13.3. The second kappa shape index (κ2) is 8.03. The Morgan fingerprint density at radius 2 is 1.75 bits per heavy atom. The highest BCUT2D eigenvalue weighted by atomic mass is 16.5. The number of methoxy groups -OCH3 is 2. The summed E-state index contributed by atoms with van der Waals surface area (Å²) in [5.41, 5.74) is 1.72. The minimum atomic E-state index is -0.289. The van der Waals surface area contributed by atoms with Gasteiger partial charge >= 0.3 is 0 Å². The Hall–Kier alpha value is -4.39. The molecule has 0 saturated carbocycles. The van der Waals surface area contributed by atoms with E-state index in [4.69, 9.17) is 18.9 Å². The molecule has 0 saturated heterocycles. The van der Waals surface area contributed by atoms with Gasteiger partial charge in [-0.15, -0.1) is 0 Å². The zero-order chi connectivity index (χ0) is 22.1. The molecule has 0 aliphatic carbocycles. The van der Waals surface area contributed by atoms with Gasteiger partial charge in [0.2, 0.25) is 5.82 Å². The maximum absolute atomic E-state index is 13.3. The van der Waals surface area contributed by atoms with Crippen molar-refractivity contribution in [1.29, 1.82) is 0 Å². The lowest BCUT2D eigenvalue weighted by atomic mass is 10.2.